The Kier molecular flexibility index (Phi) is 10.5. The van der Waals surface area contributed by atoms with Crippen LogP contribution in [0.3, 0.4) is 0 Å². The SMILES string of the molecule is CCOc1ccc(CN(CCc2c[nH]c3ccccc23)C(=O)CN(Cc2ccc(F)cc2)C(=O)c2cc(OC)cc(OC)c2)cc1. The van der Waals surface area contributed by atoms with Gasteiger partial charge in [0.25, 0.3) is 5.91 Å². The summed E-state index contributed by atoms with van der Waals surface area (Å²) in [6.45, 7) is 3.17. The molecule has 0 fully saturated rings. The summed E-state index contributed by atoms with van der Waals surface area (Å²) >= 11 is 0. The number of methoxy groups -OCH3 is 2. The molecule has 0 aliphatic carbocycles. The molecule has 2 amide bonds. The summed E-state index contributed by atoms with van der Waals surface area (Å²) in [6, 6.07) is 26.5. The fourth-order valence-corrected chi connectivity index (χ4v) is 5.35. The van der Waals surface area contributed by atoms with Crippen LogP contribution in [0.2, 0.25) is 0 Å². The Labute approximate surface area is 268 Å². The van der Waals surface area contributed by atoms with Crippen LogP contribution < -0.4 is 14.2 Å². The molecule has 0 spiro atoms. The van der Waals surface area contributed by atoms with Gasteiger partial charge < -0.3 is 29.0 Å². The number of carbonyl (C=O) groups excluding carboxylic acids is 2. The maximum Gasteiger partial charge on any atom is 0.254 e. The number of hydrogen-bond acceptors (Lipinski definition) is 5. The predicted molar refractivity (Wildman–Crippen MR) is 176 cm³/mol. The molecule has 9 heteroatoms. The number of amides is 2. The second-order valence-corrected chi connectivity index (χ2v) is 10.9. The number of hydrogen-bond donors (Lipinski definition) is 1. The van der Waals surface area contributed by atoms with Gasteiger partial charge in [0.05, 0.1) is 20.8 Å². The van der Waals surface area contributed by atoms with Crippen LogP contribution in [0.1, 0.15) is 34.0 Å². The van der Waals surface area contributed by atoms with Crippen molar-refractivity contribution in [2.75, 3.05) is 33.9 Å². The summed E-state index contributed by atoms with van der Waals surface area (Å²) in [4.78, 5) is 34.7. The molecule has 0 saturated heterocycles. The van der Waals surface area contributed by atoms with E-state index in [-0.39, 0.29) is 30.7 Å². The van der Waals surface area contributed by atoms with E-state index in [1.54, 1.807) is 35.2 Å². The van der Waals surface area contributed by atoms with Gasteiger partial charge in [-0.2, -0.15) is 0 Å². The van der Waals surface area contributed by atoms with Gasteiger partial charge in [0.1, 0.15) is 29.6 Å². The van der Waals surface area contributed by atoms with E-state index in [4.69, 9.17) is 14.2 Å². The Morgan fingerprint density at radius 1 is 0.783 bits per heavy atom. The standard InChI is InChI=1S/C37H38FN3O5/c1-4-46-31-15-11-27(12-16-31)23-40(18-17-28-22-39-35-8-6-5-7-34(28)35)36(42)25-41(24-26-9-13-30(38)14-10-26)37(43)29-19-32(44-2)21-33(20-29)45-3/h5-16,19-22,39H,4,17-18,23-25H2,1-3H3. The first kappa shape index (κ1) is 32.1. The van der Waals surface area contributed by atoms with Crippen LogP contribution in [0.25, 0.3) is 10.9 Å². The molecule has 5 aromatic rings. The van der Waals surface area contributed by atoms with Gasteiger partial charge in [-0.25, -0.2) is 4.39 Å². The van der Waals surface area contributed by atoms with Crippen LogP contribution in [-0.2, 0) is 24.3 Å². The lowest BCUT2D eigenvalue weighted by Gasteiger charge is -2.28. The van der Waals surface area contributed by atoms with E-state index in [0.29, 0.717) is 48.7 Å². The highest BCUT2D eigenvalue weighted by atomic mass is 19.1. The number of aromatic amines is 1. The van der Waals surface area contributed by atoms with E-state index in [2.05, 4.69) is 11.1 Å². The van der Waals surface area contributed by atoms with Crippen molar-refractivity contribution in [3.8, 4) is 17.2 Å². The van der Waals surface area contributed by atoms with E-state index in [0.717, 1.165) is 27.8 Å². The maximum atomic E-state index is 14.2. The highest BCUT2D eigenvalue weighted by Crippen LogP contribution is 2.25. The number of rotatable bonds is 14. The van der Waals surface area contributed by atoms with Crippen molar-refractivity contribution in [2.24, 2.45) is 0 Å². The van der Waals surface area contributed by atoms with Gasteiger partial charge in [-0.05, 0) is 72.5 Å². The molecule has 0 saturated carbocycles. The minimum absolute atomic E-state index is 0.101. The summed E-state index contributed by atoms with van der Waals surface area (Å²) < 4.78 is 30.1. The Hall–Kier alpha value is -5.31. The van der Waals surface area contributed by atoms with Crippen LogP contribution in [0.4, 0.5) is 4.39 Å². The largest absolute Gasteiger partial charge is 0.497 e. The van der Waals surface area contributed by atoms with E-state index < -0.39 is 0 Å². The molecule has 0 unspecified atom stereocenters. The summed E-state index contributed by atoms with van der Waals surface area (Å²) in [7, 11) is 3.02. The molecule has 1 heterocycles. The van der Waals surface area contributed by atoms with Crippen molar-refractivity contribution in [1.82, 2.24) is 14.8 Å². The number of aromatic nitrogens is 1. The molecule has 8 nitrogen and oxygen atoms in total. The normalized spacial score (nSPS) is 10.9. The number of nitrogens with zero attached hydrogens (tertiary/aromatic N) is 2. The zero-order valence-electron chi connectivity index (χ0n) is 26.3. The number of halogens is 1. The molecule has 0 radical (unpaired) electrons. The van der Waals surface area contributed by atoms with Crippen LogP contribution in [-0.4, -0.2) is 60.5 Å². The smallest absolute Gasteiger partial charge is 0.254 e. The average molecular weight is 624 g/mol. The number of H-pyrrole nitrogens is 1. The van der Waals surface area contributed by atoms with Crippen molar-refractivity contribution in [3.63, 3.8) is 0 Å². The number of para-hydroxylation sites is 1. The van der Waals surface area contributed by atoms with Gasteiger partial charge in [-0.1, -0.05) is 42.5 Å². The summed E-state index contributed by atoms with van der Waals surface area (Å²) in [5.41, 5.74) is 4.07. The Morgan fingerprint density at radius 3 is 2.07 bits per heavy atom. The van der Waals surface area contributed by atoms with Gasteiger partial charge in [0.2, 0.25) is 5.91 Å². The molecule has 0 atom stereocenters. The van der Waals surface area contributed by atoms with Gasteiger partial charge in [0.15, 0.2) is 0 Å². The van der Waals surface area contributed by atoms with Crippen molar-refractivity contribution < 1.29 is 28.2 Å². The highest BCUT2D eigenvalue weighted by molar-refractivity contribution is 5.97. The fourth-order valence-electron chi connectivity index (χ4n) is 5.35. The third-order valence-corrected chi connectivity index (χ3v) is 7.78. The zero-order chi connectivity index (χ0) is 32.5. The third kappa shape index (κ3) is 8.04. The van der Waals surface area contributed by atoms with Crippen molar-refractivity contribution in [1.29, 1.82) is 0 Å². The molecule has 46 heavy (non-hydrogen) atoms. The van der Waals surface area contributed by atoms with Crippen molar-refractivity contribution >= 4 is 22.7 Å². The number of fused-ring (bicyclic) bond motifs is 1. The molecule has 0 bridgehead atoms. The quantitative estimate of drug-likeness (QED) is 0.150. The fraction of sp³-hybridized carbons (Fsp3) is 0.243. The van der Waals surface area contributed by atoms with Crippen molar-refractivity contribution in [3.05, 3.63) is 125 Å². The first-order valence-corrected chi connectivity index (χ1v) is 15.2. The van der Waals surface area contributed by atoms with Gasteiger partial charge >= 0.3 is 0 Å². The molecular formula is C37H38FN3O5. The van der Waals surface area contributed by atoms with Gasteiger partial charge in [-0.3, -0.25) is 9.59 Å². The topological polar surface area (TPSA) is 84.1 Å². The Bertz CT molecular complexity index is 1750. The molecule has 0 aliphatic heterocycles. The second kappa shape index (κ2) is 15.1. The second-order valence-electron chi connectivity index (χ2n) is 10.9. The molecule has 5 rings (SSSR count). The van der Waals surface area contributed by atoms with E-state index in [9.17, 15) is 14.0 Å². The minimum Gasteiger partial charge on any atom is -0.497 e. The minimum atomic E-state index is -0.382. The van der Waals surface area contributed by atoms with Crippen molar-refractivity contribution in [2.45, 2.75) is 26.4 Å². The summed E-state index contributed by atoms with van der Waals surface area (Å²) in [5.74, 6) is 0.673. The Morgan fingerprint density at radius 2 is 1.41 bits per heavy atom. The lowest BCUT2D eigenvalue weighted by molar-refractivity contribution is -0.132. The predicted octanol–water partition coefficient (Wildman–Crippen LogP) is 6.64. The van der Waals surface area contributed by atoms with E-state index in [1.165, 1.54) is 31.3 Å². The molecule has 1 aromatic heterocycles. The molecule has 4 aromatic carbocycles. The molecular weight excluding hydrogens is 585 g/mol. The molecule has 1 N–H and O–H groups in total. The summed E-state index contributed by atoms with van der Waals surface area (Å²) in [5, 5.41) is 1.11. The first-order valence-electron chi connectivity index (χ1n) is 15.2. The molecule has 238 valence electrons. The van der Waals surface area contributed by atoms with E-state index in [1.807, 2.05) is 55.6 Å². The van der Waals surface area contributed by atoms with Crippen LogP contribution in [0.5, 0.6) is 17.2 Å². The maximum absolute atomic E-state index is 14.2. The number of nitrogens with one attached hydrogen (secondary N) is 1. The van der Waals surface area contributed by atoms with Crippen LogP contribution in [0, 0.1) is 5.82 Å². The number of carbonyl (C=O) groups is 2. The molecule has 0 aliphatic rings. The van der Waals surface area contributed by atoms with E-state index >= 15 is 0 Å². The summed E-state index contributed by atoms with van der Waals surface area (Å²) in [6.07, 6.45) is 2.59. The number of benzene rings is 4. The van der Waals surface area contributed by atoms with Crippen LogP contribution in [0.15, 0.2) is 97.2 Å². The lowest BCUT2D eigenvalue weighted by Crippen LogP contribution is -2.43. The lowest BCUT2D eigenvalue weighted by atomic mass is 10.1. The average Bonchev–Trinajstić information content (AvgIpc) is 3.50. The third-order valence-electron chi connectivity index (χ3n) is 7.78. The van der Waals surface area contributed by atoms with Crippen LogP contribution >= 0.6 is 0 Å². The van der Waals surface area contributed by atoms with Gasteiger partial charge in [0, 0.05) is 48.4 Å². The number of ether oxygens (including phenoxy) is 3. The first-order chi connectivity index (χ1) is 22.4. The van der Waals surface area contributed by atoms with Gasteiger partial charge in [-0.15, -0.1) is 0 Å². The monoisotopic (exact) mass is 623 g/mol. The Balaban J connectivity index is 1.43. The zero-order valence-corrected chi connectivity index (χ0v) is 26.3. The highest BCUT2D eigenvalue weighted by Gasteiger charge is 2.24.